The molecule has 0 aliphatic carbocycles. The van der Waals surface area contributed by atoms with Crippen LogP contribution in [0.4, 0.5) is 14.5 Å². The average Bonchev–Trinajstić information content (AvgIpc) is 2.18. The third-order valence-corrected chi connectivity index (χ3v) is 2.56. The van der Waals surface area contributed by atoms with E-state index in [-0.39, 0.29) is 17.4 Å². The summed E-state index contributed by atoms with van der Waals surface area (Å²) in [6, 6.07) is 2.45. The zero-order valence-corrected chi connectivity index (χ0v) is 9.81. The molecule has 76 valence electrons. The molecule has 0 atom stereocenters. The Morgan fingerprint density at radius 2 is 2.14 bits per heavy atom. The summed E-state index contributed by atoms with van der Waals surface area (Å²) < 4.78 is 26.4. The van der Waals surface area contributed by atoms with Crippen molar-refractivity contribution in [3.8, 4) is 0 Å². The molecule has 0 aliphatic rings. The van der Waals surface area contributed by atoms with Crippen LogP contribution in [0.5, 0.6) is 0 Å². The van der Waals surface area contributed by atoms with E-state index >= 15 is 0 Å². The lowest BCUT2D eigenvalue weighted by Gasteiger charge is -2.02. The van der Waals surface area contributed by atoms with Crippen LogP contribution in [0.15, 0.2) is 17.1 Å². The molecule has 1 rings (SSSR count). The smallest absolute Gasteiger partial charge is 0.185 e. The molecule has 14 heavy (non-hydrogen) atoms. The van der Waals surface area contributed by atoms with Crippen LogP contribution in [0.2, 0.25) is 0 Å². The van der Waals surface area contributed by atoms with Gasteiger partial charge in [0.2, 0.25) is 0 Å². The largest absolute Gasteiger partial charge is 0.386 e. The van der Waals surface area contributed by atoms with Gasteiger partial charge in [-0.05, 0) is 34.7 Å². The van der Waals surface area contributed by atoms with Crippen LogP contribution < -0.4 is 5.73 Å². The molecule has 0 fully saturated rings. The maximum Gasteiger partial charge on any atom is 0.185 e. The Hall–Kier alpha value is -0.430. The minimum atomic E-state index is -1.01. The van der Waals surface area contributed by atoms with Crippen LogP contribution in [-0.2, 0) is 0 Å². The molecule has 0 aliphatic heterocycles. The van der Waals surface area contributed by atoms with Gasteiger partial charge in [-0.2, -0.15) is 0 Å². The number of benzene rings is 1. The molecule has 0 saturated heterocycles. The van der Waals surface area contributed by atoms with Gasteiger partial charge < -0.3 is 5.73 Å². The fourth-order valence-electron chi connectivity index (χ4n) is 0.792. The first-order valence-electron chi connectivity index (χ1n) is 3.58. The molecule has 6 heteroatoms. The third kappa shape index (κ3) is 2.54. The molecule has 2 nitrogen and oxygen atoms in total. The van der Waals surface area contributed by atoms with Gasteiger partial charge in [-0.3, -0.25) is 0 Å². The second kappa shape index (κ2) is 4.88. The van der Waals surface area contributed by atoms with Gasteiger partial charge in [0.05, 0.1) is 5.88 Å². The number of alkyl halides is 1. The second-order valence-corrected chi connectivity index (χ2v) is 3.86. The Labute approximate surface area is 98.3 Å². The number of nitrogens with two attached hydrogens (primary N) is 1. The first-order chi connectivity index (χ1) is 6.56. The van der Waals surface area contributed by atoms with E-state index in [2.05, 4.69) is 4.99 Å². The standard InChI is InChI=1S/C8H6ClF2IN2/c9-3-6(13)14-8-5(12)2-1-4(10)7(8)11/h1-2H,3H2,(H2,13,14). The second-order valence-electron chi connectivity index (χ2n) is 2.43. The molecule has 0 spiro atoms. The van der Waals surface area contributed by atoms with Gasteiger partial charge in [0.15, 0.2) is 11.6 Å². The van der Waals surface area contributed by atoms with E-state index in [1.165, 1.54) is 6.07 Å². The number of aliphatic imine (C=N–C) groups is 1. The van der Waals surface area contributed by atoms with Gasteiger partial charge in [0.25, 0.3) is 0 Å². The van der Waals surface area contributed by atoms with Crippen molar-refractivity contribution in [3.63, 3.8) is 0 Å². The molecule has 0 heterocycles. The van der Waals surface area contributed by atoms with E-state index in [1.807, 2.05) is 22.6 Å². The van der Waals surface area contributed by atoms with Crippen molar-refractivity contribution >= 4 is 45.7 Å². The molecular weight excluding hydrogens is 324 g/mol. The van der Waals surface area contributed by atoms with Crippen LogP contribution in [0.3, 0.4) is 0 Å². The van der Waals surface area contributed by atoms with Crippen molar-refractivity contribution in [2.75, 3.05) is 5.88 Å². The zero-order chi connectivity index (χ0) is 10.7. The van der Waals surface area contributed by atoms with Crippen molar-refractivity contribution < 1.29 is 8.78 Å². The van der Waals surface area contributed by atoms with E-state index < -0.39 is 11.6 Å². The first-order valence-corrected chi connectivity index (χ1v) is 5.20. The third-order valence-electron chi connectivity index (χ3n) is 1.41. The molecule has 0 saturated carbocycles. The molecule has 0 bridgehead atoms. The van der Waals surface area contributed by atoms with Crippen molar-refractivity contribution in [1.82, 2.24) is 0 Å². The lowest BCUT2D eigenvalue weighted by molar-refractivity contribution is 0.510. The van der Waals surface area contributed by atoms with Crippen molar-refractivity contribution in [2.24, 2.45) is 10.7 Å². The van der Waals surface area contributed by atoms with E-state index in [1.54, 1.807) is 0 Å². The van der Waals surface area contributed by atoms with Gasteiger partial charge in [-0.25, -0.2) is 13.8 Å². The van der Waals surface area contributed by atoms with Crippen molar-refractivity contribution in [1.29, 1.82) is 0 Å². The molecule has 2 N–H and O–H groups in total. The Bertz CT molecular complexity index is 382. The van der Waals surface area contributed by atoms with Gasteiger partial charge >= 0.3 is 0 Å². The molecular formula is C8H6ClF2IN2. The zero-order valence-electron chi connectivity index (χ0n) is 6.90. The molecule has 0 amide bonds. The number of hydrogen-bond acceptors (Lipinski definition) is 1. The van der Waals surface area contributed by atoms with Crippen LogP contribution >= 0.6 is 34.2 Å². The summed E-state index contributed by atoms with van der Waals surface area (Å²) in [4.78, 5) is 3.68. The Kier molecular flexibility index (Phi) is 4.06. The fourth-order valence-corrected chi connectivity index (χ4v) is 1.39. The summed E-state index contributed by atoms with van der Waals surface area (Å²) in [6.45, 7) is 0. The van der Waals surface area contributed by atoms with E-state index in [9.17, 15) is 8.78 Å². The number of amidine groups is 1. The topological polar surface area (TPSA) is 38.4 Å². The normalized spacial score (nSPS) is 11.9. The highest BCUT2D eigenvalue weighted by atomic mass is 127. The minimum Gasteiger partial charge on any atom is -0.386 e. The summed E-state index contributed by atoms with van der Waals surface area (Å²) in [5.74, 6) is -1.93. The maximum absolute atomic E-state index is 13.2. The maximum atomic E-state index is 13.2. The predicted octanol–water partition coefficient (Wildman–Crippen LogP) is 2.80. The number of nitrogens with zero attached hydrogens (tertiary/aromatic N) is 1. The fraction of sp³-hybridized carbons (Fsp3) is 0.125. The van der Waals surface area contributed by atoms with Crippen LogP contribution in [0, 0.1) is 15.2 Å². The first kappa shape index (κ1) is 11.6. The lowest BCUT2D eigenvalue weighted by Crippen LogP contribution is -2.12. The van der Waals surface area contributed by atoms with Gasteiger partial charge in [0, 0.05) is 3.57 Å². The van der Waals surface area contributed by atoms with E-state index in [0.29, 0.717) is 3.57 Å². The molecule has 0 unspecified atom stereocenters. The highest BCUT2D eigenvalue weighted by molar-refractivity contribution is 14.1. The van der Waals surface area contributed by atoms with Crippen molar-refractivity contribution in [3.05, 3.63) is 27.3 Å². The summed E-state index contributed by atoms with van der Waals surface area (Å²) in [6.07, 6.45) is 0. The van der Waals surface area contributed by atoms with E-state index in [0.717, 1.165) is 6.07 Å². The molecule has 1 aromatic carbocycles. The Morgan fingerprint density at radius 3 is 2.71 bits per heavy atom. The molecule has 1 aromatic rings. The predicted molar refractivity (Wildman–Crippen MR) is 61.1 cm³/mol. The monoisotopic (exact) mass is 330 g/mol. The lowest BCUT2D eigenvalue weighted by atomic mass is 10.3. The van der Waals surface area contributed by atoms with Crippen molar-refractivity contribution in [2.45, 2.75) is 0 Å². The van der Waals surface area contributed by atoms with Gasteiger partial charge in [-0.15, -0.1) is 11.6 Å². The highest BCUT2D eigenvalue weighted by Gasteiger charge is 2.11. The van der Waals surface area contributed by atoms with Crippen LogP contribution in [0.25, 0.3) is 0 Å². The molecule has 0 aromatic heterocycles. The van der Waals surface area contributed by atoms with E-state index in [4.69, 9.17) is 17.3 Å². The summed E-state index contributed by atoms with van der Waals surface area (Å²) >= 11 is 7.21. The Morgan fingerprint density at radius 1 is 1.50 bits per heavy atom. The summed E-state index contributed by atoms with van der Waals surface area (Å²) in [5, 5.41) is 0. The van der Waals surface area contributed by atoms with Crippen LogP contribution in [-0.4, -0.2) is 11.7 Å². The molecule has 0 radical (unpaired) electrons. The van der Waals surface area contributed by atoms with Gasteiger partial charge in [-0.1, -0.05) is 0 Å². The Balaban J connectivity index is 3.26. The number of halogens is 4. The average molecular weight is 331 g/mol. The summed E-state index contributed by atoms with van der Waals surface area (Å²) in [5.41, 5.74) is 5.21. The number of rotatable bonds is 2. The van der Waals surface area contributed by atoms with Crippen LogP contribution in [0.1, 0.15) is 0 Å². The highest BCUT2D eigenvalue weighted by Crippen LogP contribution is 2.26. The minimum absolute atomic E-state index is 0.0218. The van der Waals surface area contributed by atoms with Gasteiger partial charge in [0.1, 0.15) is 11.5 Å². The summed E-state index contributed by atoms with van der Waals surface area (Å²) in [7, 11) is 0. The quantitative estimate of drug-likeness (QED) is 0.292. The SMILES string of the molecule is NC(CCl)=Nc1c(I)ccc(F)c1F. The number of hydrogen-bond donors (Lipinski definition) is 1.